The second-order valence-electron chi connectivity index (χ2n) is 19.2. The van der Waals surface area contributed by atoms with E-state index < -0.39 is 0 Å². The van der Waals surface area contributed by atoms with Crippen molar-refractivity contribution in [3.05, 3.63) is 205 Å². The molecular weight excluding hydrogens is 826 g/mol. The molecule has 314 valence electrons. The molecule has 2 aromatic heterocycles. The van der Waals surface area contributed by atoms with Gasteiger partial charge in [-0.3, -0.25) is 0 Å². The third-order valence-corrected chi connectivity index (χ3v) is 15.6. The van der Waals surface area contributed by atoms with E-state index in [9.17, 15) is 0 Å². The van der Waals surface area contributed by atoms with Crippen molar-refractivity contribution in [2.75, 3.05) is 0 Å². The Balaban J connectivity index is 1.05. The number of aromatic nitrogens is 2. The lowest BCUT2D eigenvalue weighted by atomic mass is 9.31. The van der Waals surface area contributed by atoms with E-state index in [-0.39, 0.29) is 13.4 Å². The molecule has 6 heterocycles. The second kappa shape index (κ2) is 13.1. The number of fused-ring (bicyclic) bond motifs is 16. The largest absolute Gasteiger partial charge is 0.458 e. The zero-order valence-electron chi connectivity index (χ0n) is 37.3. The molecule has 0 atom stereocenters. The van der Waals surface area contributed by atoms with Gasteiger partial charge >= 0.3 is 0 Å². The van der Waals surface area contributed by atoms with Crippen LogP contribution in [0.1, 0.15) is 11.1 Å². The zero-order valence-corrected chi connectivity index (χ0v) is 37.3. The first-order chi connectivity index (χ1) is 33.6. The molecule has 0 radical (unpaired) electrons. The standard InChI is InChI=1S/C62H38B2N2O2/c1-35-24-28-37(29-25-35)42-32-52-57-59-55(42)40-16-6-10-20-48(40)65(59)50-22-12-8-18-44(50)63(57)46-34-47-62(54(61(46)67-52)39-14-4-3-5-15-39)68-53-33-43(38-30-26-36(2)27-31-38)56-41-17-7-11-21-49(41)66-51-23-13-9-19-45(51)64(47)58(53)60(56)66/h3-34H,1-2H3. The van der Waals surface area contributed by atoms with Crippen molar-refractivity contribution >= 4 is 89.8 Å². The third-order valence-electron chi connectivity index (χ3n) is 15.6. The molecule has 0 unspecified atom stereocenters. The molecule has 0 bridgehead atoms. The van der Waals surface area contributed by atoms with Gasteiger partial charge in [-0.15, -0.1) is 0 Å². The highest BCUT2D eigenvalue weighted by molar-refractivity contribution is 7.02. The van der Waals surface area contributed by atoms with Gasteiger partial charge < -0.3 is 18.6 Å². The van der Waals surface area contributed by atoms with Crippen LogP contribution in [0.3, 0.4) is 0 Å². The summed E-state index contributed by atoms with van der Waals surface area (Å²) in [5.41, 5.74) is 23.7. The van der Waals surface area contributed by atoms with Crippen LogP contribution in [0.15, 0.2) is 194 Å². The van der Waals surface area contributed by atoms with E-state index in [0.29, 0.717) is 0 Å². The number of ether oxygens (including phenoxy) is 2. The van der Waals surface area contributed by atoms with Gasteiger partial charge in [0.25, 0.3) is 13.4 Å². The average molecular weight is 865 g/mol. The molecule has 0 spiro atoms. The van der Waals surface area contributed by atoms with Gasteiger partial charge in [-0.1, -0.05) is 169 Å². The maximum atomic E-state index is 7.65. The molecule has 0 N–H and O–H groups in total. The van der Waals surface area contributed by atoms with Crippen molar-refractivity contribution in [1.82, 2.24) is 9.13 Å². The van der Waals surface area contributed by atoms with Gasteiger partial charge in [-0.05, 0) is 111 Å². The third kappa shape index (κ3) is 4.62. The van der Waals surface area contributed by atoms with Gasteiger partial charge in [0.2, 0.25) is 0 Å². The maximum absolute atomic E-state index is 7.65. The Morgan fingerprint density at radius 2 is 0.809 bits per heavy atom. The number of hydrogen-bond donors (Lipinski definition) is 0. The van der Waals surface area contributed by atoms with Crippen LogP contribution >= 0.6 is 0 Å². The summed E-state index contributed by atoms with van der Waals surface area (Å²) in [5.74, 6) is 3.46. The van der Waals surface area contributed by atoms with Gasteiger partial charge in [0, 0.05) is 32.9 Å². The minimum absolute atomic E-state index is 0.111. The summed E-state index contributed by atoms with van der Waals surface area (Å²) >= 11 is 0. The molecule has 0 fully saturated rings. The van der Waals surface area contributed by atoms with Crippen LogP contribution < -0.4 is 42.3 Å². The van der Waals surface area contributed by atoms with Crippen molar-refractivity contribution in [3.8, 4) is 67.8 Å². The van der Waals surface area contributed by atoms with Gasteiger partial charge in [-0.25, -0.2) is 0 Å². The first-order valence-corrected chi connectivity index (χ1v) is 23.7. The Hall–Kier alpha value is -8.47. The molecule has 0 saturated carbocycles. The van der Waals surface area contributed by atoms with Gasteiger partial charge in [0.05, 0.1) is 27.6 Å². The Labute approximate surface area is 393 Å². The van der Waals surface area contributed by atoms with Gasteiger partial charge in [0.15, 0.2) is 0 Å². The molecule has 6 heteroatoms. The molecular formula is C62H38B2N2O2. The van der Waals surface area contributed by atoms with Crippen molar-refractivity contribution in [1.29, 1.82) is 0 Å². The molecule has 10 aromatic carbocycles. The predicted octanol–water partition coefficient (Wildman–Crippen LogP) is 11.4. The predicted molar refractivity (Wildman–Crippen MR) is 283 cm³/mol. The lowest BCUT2D eigenvalue weighted by Crippen LogP contribution is -2.62. The highest BCUT2D eigenvalue weighted by Gasteiger charge is 2.47. The highest BCUT2D eigenvalue weighted by atomic mass is 16.5. The van der Waals surface area contributed by atoms with Gasteiger partial charge in [0.1, 0.15) is 23.0 Å². The summed E-state index contributed by atoms with van der Waals surface area (Å²) in [7, 11) is 0. The van der Waals surface area contributed by atoms with E-state index in [4.69, 9.17) is 9.47 Å². The number of hydrogen-bond acceptors (Lipinski definition) is 2. The van der Waals surface area contributed by atoms with E-state index >= 15 is 0 Å². The normalized spacial score (nSPS) is 13.3. The molecule has 4 aliphatic heterocycles. The summed E-state index contributed by atoms with van der Waals surface area (Å²) in [4.78, 5) is 0. The first-order valence-electron chi connectivity index (χ1n) is 23.7. The summed E-state index contributed by atoms with van der Waals surface area (Å²) in [5, 5.41) is 5.00. The van der Waals surface area contributed by atoms with Crippen LogP contribution in [0.5, 0.6) is 23.0 Å². The van der Waals surface area contributed by atoms with Crippen LogP contribution in [0.25, 0.3) is 88.4 Å². The Kier molecular flexibility index (Phi) is 7.08. The average Bonchev–Trinajstić information content (AvgIpc) is 3.92. The highest BCUT2D eigenvalue weighted by Crippen LogP contribution is 2.50. The van der Waals surface area contributed by atoms with E-state index in [1.54, 1.807) is 0 Å². The topological polar surface area (TPSA) is 28.3 Å². The molecule has 4 nitrogen and oxygen atoms in total. The fraction of sp³-hybridized carbons (Fsp3) is 0.0323. The summed E-state index contributed by atoms with van der Waals surface area (Å²) < 4.78 is 20.3. The second-order valence-corrected chi connectivity index (χ2v) is 19.2. The van der Waals surface area contributed by atoms with Crippen molar-refractivity contribution in [2.24, 2.45) is 0 Å². The molecule has 0 amide bonds. The molecule has 12 aromatic rings. The first kappa shape index (κ1) is 36.7. The Morgan fingerprint density at radius 1 is 0.382 bits per heavy atom. The molecule has 0 saturated heterocycles. The van der Waals surface area contributed by atoms with Crippen LogP contribution in [-0.4, -0.2) is 22.6 Å². The lowest BCUT2D eigenvalue weighted by molar-refractivity contribution is 0.469. The van der Waals surface area contributed by atoms with Crippen LogP contribution in [0, 0.1) is 13.8 Å². The van der Waals surface area contributed by atoms with Crippen LogP contribution in [0.4, 0.5) is 0 Å². The van der Waals surface area contributed by atoms with E-state index in [2.05, 4.69) is 217 Å². The maximum Gasteiger partial charge on any atom is 0.256 e. The van der Waals surface area contributed by atoms with E-state index in [1.807, 2.05) is 0 Å². The van der Waals surface area contributed by atoms with E-state index in [0.717, 1.165) is 45.1 Å². The summed E-state index contributed by atoms with van der Waals surface area (Å²) in [6.45, 7) is 4.09. The zero-order chi connectivity index (χ0) is 44.5. The quantitative estimate of drug-likeness (QED) is 0.166. The van der Waals surface area contributed by atoms with Crippen molar-refractivity contribution < 1.29 is 9.47 Å². The van der Waals surface area contributed by atoms with Crippen LogP contribution in [0.2, 0.25) is 0 Å². The number of nitrogens with zero attached hydrogens (tertiary/aromatic N) is 2. The minimum atomic E-state index is -0.111. The van der Waals surface area contributed by atoms with Gasteiger partial charge in [-0.2, -0.15) is 0 Å². The fourth-order valence-electron chi connectivity index (χ4n) is 12.7. The van der Waals surface area contributed by atoms with Crippen LogP contribution in [-0.2, 0) is 0 Å². The summed E-state index contributed by atoms with van der Waals surface area (Å²) in [6, 6.07) is 71.8. The van der Waals surface area contributed by atoms with Crippen molar-refractivity contribution in [2.45, 2.75) is 13.8 Å². The van der Waals surface area contributed by atoms with E-state index in [1.165, 1.54) is 110 Å². The molecule has 16 rings (SSSR count). The monoisotopic (exact) mass is 864 g/mol. The number of para-hydroxylation sites is 4. The molecule has 0 aliphatic carbocycles. The lowest BCUT2D eigenvalue weighted by Gasteiger charge is -2.38. The minimum Gasteiger partial charge on any atom is -0.458 e. The van der Waals surface area contributed by atoms with Crippen molar-refractivity contribution in [3.63, 3.8) is 0 Å². The number of aryl methyl sites for hydroxylation is 2. The fourth-order valence-corrected chi connectivity index (χ4v) is 12.7. The SMILES string of the molecule is Cc1ccc(-c2cc3c4c5c2c2ccccc2n5-c2ccccc2B4c2cc4c(c(-c5ccccc5)c2O3)Oc2cc(-c3ccc(C)cc3)c3c5ccccc5n5c3c2B4c2ccccc2-5)cc1. The number of rotatable bonds is 3. The molecule has 68 heavy (non-hydrogen) atoms. The number of benzene rings is 10. The summed E-state index contributed by atoms with van der Waals surface area (Å²) in [6.07, 6.45) is 0. The smallest absolute Gasteiger partial charge is 0.256 e. The Morgan fingerprint density at radius 3 is 1.29 bits per heavy atom. The Bertz CT molecular complexity index is 3970. The molecule has 4 aliphatic rings.